The molecule has 1 fully saturated rings. The SMILES string of the molecule is O=C(NCc1ccc(C(F)(F)F)cc1)C1CCCN(c2cn[nH]c(=O)c2)C1. The van der Waals surface area contributed by atoms with Gasteiger partial charge in [-0.15, -0.1) is 0 Å². The van der Waals surface area contributed by atoms with Crippen molar-refractivity contribution in [3.63, 3.8) is 0 Å². The van der Waals surface area contributed by atoms with Crippen LogP contribution in [0.5, 0.6) is 0 Å². The van der Waals surface area contributed by atoms with Crippen LogP contribution in [-0.2, 0) is 17.5 Å². The van der Waals surface area contributed by atoms with Crippen LogP contribution in [0.4, 0.5) is 18.9 Å². The molecular weight excluding hydrogens is 361 g/mol. The number of piperidine rings is 1. The van der Waals surface area contributed by atoms with Crippen LogP contribution in [0.15, 0.2) is 41.3 Å². The lowest BCUT2D eigenvalue weighted by molar-refractivity contribution is -0.137. The maximum atomic E-state index is 12.6. The van der Waals surface area contributed by atoms with Crippen LogP contribution in [0.25, 0.3) is 0 Å². The Bertz CT molecular complexity index is 849. The second-order valence-electron chi connectivity index (χ2n) is 6.50. The number of benzene rings is 1. The smallest absolute Gasteiger partial charge is 0.369 e. The Morgan fingerprint density at radius 2 is 2.04 bits per heavy atom. The third kappa shape index (κ3) is 4.87. The van der Waals surface area contributed by atoms with Gasteiger partial charge in [0.15, 0.2) is 0 Å². The summed E-state index contributed by atoms with van der Waals surface area (Å²) >= 11 is 0. The molecule has 0 saturated carbocycles. The molecule has 6 nitrogen and oxygen atoms in total. The maximum Gasteiger partial charge on any atom is 0.416 e. The average Bonchev–Trinajstić information content (AvgIpc) is 2.66. The van der Waals surface area contributed by atoms with E-state index in [-0.39, 0.29) is 23.9 Å². The fourth-order valence-corrected chi connectivity index (χ4v) is 3.11. The van der Waals surface area contributed by atoms with Gasteiger partial charge in [-0.2, -0.15) is 18.3 Å². The van der Waals surface area contributed by atoms with E-state index >= 15 is 0 Å². The number of rotatable bonds is 4. The molecule has 1 atom stereocenters. The van der Waals surface area contributed by atoms with E-state index in [2.05, 4.69) is 15.5 Å². The first-order valence-corrected chi connectivity index (χ1v) is 8.56. The highest BCUT2D eigenvalue weighted by Gasteiger charge is 2.30. The minimum atomic E-state index is -4.37. The average molecular weight is 380 g/mol. The molecule has 1 aromatic carbocycles. The molecule has 3 rings (SSSR count). The Labute approximate surface area is 153 Å². The normalized spacial score (nSPS) is 17.6. The summed E-state index contributed by atoms with van der Waals surface area (Å²) in [7, 11) is 0. The predicted octanol–water partition coefficient (Wildman–Crippen LogP) is 2.32. The van der Waals surface area contributed by atoms with Gasteiger partial charge >= 0.3 is 6.18 Å². The van der Waals surface area contributed by atoms with Gasteiger partial charge in [-0.05, 0) is 30.5 Å². The number of hydrogen-bond acceptors (Lipinski definition) is 4. The summed E-state index contributed by atoms with van der Waals surface area (Å²) in [6, 6.07) is 6.17. The van der Waals surface area contributed by atoms with Gasteiger partial charge in [0.05, 0.1) is 23.4 Å². The number of nitrogens with one attached hydrogen (secondary N) is 2. The third-order valence-corrected chi connectivity index (χ3v) is 4.56. The number of anilines is 1. The Kier molecular flexibility index (Phi) is 5.48. The maximum absolute atomic E-state index is 12.6. The van der Waals surface area contributed by atoms with Gasteiger partial charge in [0.1, 0.15) is 0 Å². The minimum absolute atomic E-state index is 0.155. The molecule has 1 aromatic heterocycles. The quantitative estimate of drug-likeness (QED) is 0.853. The van der Waals surface area contributed by atoms with E-state index in [9.17, 15) is 22.8 Å². The molecule has 27 heavy (non-hydrogen) atoms. The molecule has 1 aliphatic rings. The Hall–Kier alpha value is -2.84. The molecule has 144 valence electrons. The minimum Gasteiger partial charge on any atom is -0.369 e. The summed E-state index contributed by atoms with van der Waals surface area (Å²) in [5, 5.41) is 8.86. The summed E-state index contributed by atoms with van der Waals surface area (Å²) < 4.78 is 37.7. The fraction of sp³-hybridized carbons (Fsp3) is 0.389. The number of hydrogen-bond donors (Lipinski definition) is 2. The summed E-state index contributed by atoms with van der Waals surface area (Å²) in [5.41, 5.74) is 0.245. The van der Waals surface area contributed by atoms with Gasteiger partial charge in [-0.1, -0.05) is 12.1 Å². The highest BCUT2D eigenvalue weighted by atomic mass is 19.4. The van der Waals surface area contributed by atoms with E-state index < -0.39 is 11.7 Å². The van der Waals surface area contributed by atoms with Crippen molar-refractivity contribution in [3.05, 3.63) is 58.0 Å². The van der Waals surface area contributed by atoms with E-state index in [1.54, 1.807) is 6.20 Å². The molecule has 1 saturated heterocycles. The molecular formula is C18H19F3N4O2. The van der Waals surface area contributed by atoms with Gasteiger partial charge in [0, 0.05) is 25.7 Å². The Morgan fingerprint density at radius 3 is 2.70 bits per heavy atom. The molecule has 1 amide bonds. The van der Waals surface area contributed by atoms with Gasteiger partial charge in [0.2, 0.25) is 5.91 Å². The van der Waals surface area contributed by atoms with Gasteiger partial charge in [-0.3, -0.25) is 9.59 Å². The fourth-order valence-electron chi connectivity index (χ4n) is 3.11. The van der Waals surface area contributed by atoms with Gasteiger partial charge in [0.25, 0.3) is 5.56 Å². The summed E-state index contributed by atoms with van der Waals surface area (Å²) in [5.74, 6) is -0.412. The van der Waals surface area contributed by atoms with Crippen LogP contribution in [0, 0.1) is 5.92 Å². The van der Waals surface area contributed by atoms with Crippen molar-refractivity contribution < 1.29 is 18.0 Å². The number of H-pyrrole nitrogens is 1. The summed E-state index contributed by atoms with van der Waals surface area (Å²) in [6.45, 7) is 1.36. The van der Waals surface area contributed by atoms with Crippen LogP contribution in [0.1, 0.15) is 24.0 Å². The number of aromatic amines is 1. The van der Waals surface area contributed by atoms with Crippen LogP contribution in [0.3, 0.4) is 0 Å². The van der Waals surface area contributed by atoms with Gasteiger partial charge < -0.3 is 10.2 Å². The standard InChI is InChI=1S/C18H19F3N4O2/c19-18(20,21)14-5-3-12(4-6-14)9-22-17(27)13-2-1-7-25(11-13)15-8-16(26)24-23-10-15/h3-6,8,10,13H,1-2,7,9,11H2,(H,22,27)(H,24,26). The Morgan fingerprint density at radius 1 is 1.30 bits per heavy atom. The predicted molar refractivity (Wildman–Crippen MR) is 93.1 cm³/mol. The molecule has 0 radical (unpaired) electrons. The zero-order valence-corrected chi connectivity index (χ0v) is 14.4. The van der Waals surface area contributed by atoms with Gasteiger partial charge in [-0.25, -0.2) is 5.10 Å². The van der Waals surface area contributed by atoms with Crippen molar-refractivity contribution in [2.75, 3.05) is 18.0 Å². The molecule has 9 heteroatoms. The lowest BCUT2D eigenvalue weighted by Gasteiger charge is -2.33. The Balaban J connectivity index is 1.57. The zero-order chi connectivity index (χ0) is 19.4. The van der Waals surface area contributed by atoms with Crippen LogP contribution in [0.2, 0.25) is 0 Å². The highest BCUT2D eigenvalue weighted by Crippen LogP contribution is 2.29. The van der Waals surface area contributed by atoms with E-state index in [1.807, 2.05) is 4.90 Å². The second-order valence-corrected chi connectivity index (χ2v) is 6.50. The number of amides is 1. The second kappa shape index (κ2) is 7.81. The van der Waals surface area contributed by atoms with Crippen molar-refractivity contribution in [2.45, 2.75) is 25.6 Å². The van der Waals surface area contributed by atoms with E-state index in [4.69, 9.17) is 0 Å². The third-order valence-electron chi connectivity index (χ3n) is 4.56. The number of aromatic nitrogens is 2. The first kappa shape index (κ1) is 18.9. The molecule has 0 bridgehead atoms. The number of carbonyl (C=O) groups excluding carboxylic acids is 1. The molecule has 0 aliphatic carbocycles. The van der Waals surface area contributed by atoms with Crippen molar-refractivity contribution in [2.24, 2.45) is 5.92 Å². The lowest BCUT2D eigenvalue weighted by Crippen LogP contribution is -2.43. The van der Waals surface area contributed by atoms with Crippen molar-refractivity contribution in [1.82, 2.24) is 15.5 Å². The van der Waals surface area contributed by atoms with Crippen molar-refractivity contribution >= 4 is 11.6 Å². The first-order valence-electron chi connectivity index (χ1n) is 8.56. The molecule has 1 aliphatic heterocycles. The largest absolute Gasteiger partial charge is 0.416 e. The van der Waals surface area contributed by atoms with E-state index in [0.717, 1.165) is 25.1 Å². The zero-order valence-electron chi connectivity index (χ0n) is 14.4. The molecule has 2 N–H and O–H groups in total. The number of nitrogens with zero attached hydrogens (tertiary/aromatic N) is 2. The van der Waals surface area contributed by atoms with Crippen LogP contribution < -0.4 is 15.8 Å². The van der Waals surface area contributed by atoms with Crippen LogP contribution in [-0.4, -0.2) is 29.2 Å². The summed E-state index contributed by atoms with van der Waals surface area (Å²) in [4.78, 5) is 25.8. The summed E-state index contributed by atoms with van der Waals surface area (Å²) in [6.07, 6.45) is -1.32. The highest BCUT2D eigenvalue weighted by molar-refractivity contribution is 5.79. The monoisotopic (exact) mass is 380 g/mol. The first-order chi connectivity index (χ1) is 12.8. The van der Waals surface area contributed by atoms with Crippen molar-refractivity contribution in [3.8, 4) is 0 Å². The molecule has 2 heterocycles. The number of alkyl halides is 3. The topological polar surface area (TPSA) is 78.1 Å². The molecule has 1 unspecified atom stereocenters. The lowest BCUT2D eigenvalue weighted by atomic mass is 9.96. The van der Waals surface area contributed by atoms with Crippen molar-refractivity contribution in [1.29, 1.82) is 0 Å². The molecule has 0 spiro atoms. The molecule has 2 aromatic rings. The number of carbonyl (C=O) groups is 1. The van der Waals surface area contributed by atoms with E-state index in [1.165, 1.54) is 18.2 Å². The van der Waals surface area contributed by atoms with E-state index in [0.29, 0.717) is 24.2 Å². The number of halogens is 3. The van der Waals surface area contributed by atoms with Crippen LogP contribution >= 0.6 is 0 Å².